The van der Waals surface area contributed by atoms with Crippen molar-refractivity contribution in [2.75, 3.05) is 19.0 Å². The van der Waals surface area contributed by atoms with Crippen LogP contribution in [0.2, 0.25) is 0 Å². The molecule has 3 N–H and O–H groups in total. The first-order valence-electron chi connectivity index (χ1n) is 8.46. The molecule has 1 aromatic carbocycles. The van der Waals surface area contributed by atoms with Gasteiger partial charge in [0.15, 0.2) is 5.13 Å². The molecule has 0 aliphatic carbocycles. The summed E-state index contributed by atoms with van der Waals surface area (Å²) in [6, 6.07) is 7.57. The third-order valence-electron chi connectivity index (χ3n) is 3.74. The average molecular weight is 376 g/mol. The zero-order valence-corrected chi connectivity index (χ0v) is 16.0. The van der Waals surface area contributed by atoms with Crippen molar-refractivity contribution in [1.82, 2.24) is 15.6 Å². The van der Waals surface area contributed by atoms with Crippen LogP contribution < -0.4 is 20.7 Å². The zero-order valence-electron chi connectivity index (χ0n) is 15.2. The lowest BCUT2D eigenvalue weighted by atomic mass is 10.2. The monoisotopic (exact) mass is 376 g/mol. The number of nitrogens with one attached hydrogen (secondary N) is 3. The second kappa shape index (κ2) is 9.76. The van der Waals surface area contributed by atoms with Crippen LogP contribution in [0.3, 0.4) is 0 Å². The lowest BCUT2D eigenvalue weighted by Gasteiger charge is -2.11. The van der Waals surface area contributed by atoms with Crippen LogP contribution in [0.25, 0.3) is 0 Å². The predicted octanol–water partition coefficient (Wildman–Crippen LogP) is 2.93. The molecule has 0 fully saturated rings. The van der Waals surface area contributed by atoms with Crippen molar-refractivity contribution in [2.24, 2.45) is 0 Å². The van der Waals surface area contributed by atoms with E-state index < -0.39 is 0 Å². The standard InChI is InChI=1S/C18H24N4O3S/c1-4-12(2)20-16(23)9-10-19-17(24)15-11-26-18(22-15)21-13-5-7-14(25-3)8-6-13/h5-8,11-12H,4,9-10H2,1-3H3,(H,19,24)(H,20,23)(H,21,22). The minimum atomic E-state index is -0.291. The molecular formula is C18H24N4O3S. The Hall–Kier alpha value is -2.61. The third kappa shape index (κ3) is 6.03. The van der Waals surface area contributed by atoms with Crippen molar-refractivity contribution in [3.8, 4) is 5.75 Å². The maximum Gasteiger partial charge on any atom is 0.270 e. The van der Waals surface area contributed by atoms with Crippen molar-refractivity contribution in [1.29, 1.82) is 0 Å². The maximum atomic E-state index is 12.1. The molecule has 2 rings (SSSR count). The number of nitrogens with zero attached hydrogens (tertiary/aromatic N) is 1. The van der Waals surface area contributed by atoms with E-state index in [1.54, 1.807) is 12.5 Å². The molecule has 2 amide bonds. The molecule has 0 saturated carbocycles. The number of rotatable bonds is 9. The molecule has 8 heteroatoms. The van der Waals surface area contributed by atoms with Gasteiger partial charge in [0.05, 0.1) is 7.11 Å². The van der Waals surface area contributed by atoms with E-state index in [0.717, 1.165) is 17.9 Å². The van der Waals surface area contributed by atoms with Gasteiger partial charge in [0.1, 0.15) is 11.4 Å². The van der Waals surface area contributed by atoms with Crippen LogP contribution in [0.5, 0.6) is 5.75 Å². The van der Waals surface area contributed by atoms with Gasteiger partial charge in [0.25, 0.3) is 5.91 Å². The second-order valence-electron chi connectivity index (χ2n) is 5.77. The molecule has 1 unspecified atom stereocenters. The van der Waals surface area contributed by atoms with Crippen LogP contribution in [0, 0.1) is 0 Å². The minimum Gasteiger partial charge on any atom is -0.497 e. The maximum absolute atomic E-state index is 12.1. The van der Waals surface area contributed by atoms with E-state index in [9.17, 15) is 9.59 Å². The molecule has 0 aliphatic rings. The molecule has 1 atom stereocenters. The molecule has 1 heterocycles. The van der Waals surface area contributed by atoms with Gasteiger partial charge in [-0.15, -0.1) is 11.3 Å². The van der Waals surface area contributed by atoms with E-state index in [1.807, 2.05) is 38.1 Å². The normalized spacial score (nSPS) is 11.5. The van der Waals surface area contributed by atoms with Crippen LogP contribution in [-0.2, 0) is 4.79 Å². The Morgan fingerprint density at radius 1 is 1.27 bits per heavy atom. The molecule has 7 nitrogen and oxygen atoms in total. The van der Waals surface area contributed by atoms with Gasteiger partial charge in [-0.2, -0.15) is 0 Å². The fourth-order valence-electron chi connectivity index (χ4n) is 2.06. The summed E-state index contributed by atoms with van der Waals surface area (Å²) in [6.45, 7) is 4.23. The van der Waals surface area contributed by atoms with Crippen LogP contribution in [0.15, 0.2) is 29.6 Å². The summed E-state index contributed by atoms with van der Waals surface area (Å²) < 4.78 is 5.11. The van der Waals surface area contributed by atoms with Gasteiger partial charge >= 0.3 is 0 Å². The number of methoxy groups -OCH3 is 1. The van der Waals surface area contributed by atoms with Crippen LogP contribution in [-0.4, -0.2) is 36.5 Å². The first-order valence-corrected chi connectivity index (χ1v) is 9.34. The van der Waals surface area contributed by atoms with Gasteiger partial charge < -0.3 is 20.7 Å². The summed E-state index contributed by atoms with van der Waals surface area (Å²) in [5, 5.41) is 11.0. The van der Waals surface area contributed by atoms with E-state index in [0.29, 0.717) is 10.8 Å². The topological polar surface area (TPSA) is 92.4 Å². The molecule has 0 saturated heterocycles. The number of amides is 2. The SMILES string of the molecule is CCC(C)NC(=O)CCNC(=O)c1csc(Nc2ccc(OC)cc2)n1. The van der Waals surface area contributed by atoms with E-state index in [4.69, 9.17) is 4.74 Å². The zero-order chi connectivity index (χ0) is 18.9. The Morgan fingerprint density at radius 2 is 2.00 bits per heavy atom. The first kappa shape index (κ1) is 19.7. The van der Waals surface area contributed by atoms with Crippen molar-refractivity contribution in [3.63, 3.8) is 0 Å². The summed E-state index contributed by atoms with van der Waals surface area (Å²) >= 11 is 1.34. The Kier molecular flexibility index (Phi) is 7.40. The van der Waals surface area contributed by atoms with Crippen molar-refractivity contribution in [2.45, 2.75) is 32.7 Å². The fraction of sp³-hybridized carbons (Fsp3) is 0.389. The Morgan fingerprint density at radius 3 is 2.65 bits per heavy atom. The van der Waals surface area contributed by atoms with Gasteiger partial charge in [0, 0.05) is 30.1 Å². The summed E-state index contributed by atoms with van der Waals surface area (Å²) in [5.41, 5.74) is 1.18. The number of carbonyl (C=O) groups is 2. The molecule has 0 aliphatic heterocycles. The number of thiazole rings is 1. The van der Waals surface area contributed by atoms with Gasteiger partial charge in [-0.3, -0.25) is 9.59 Å². The van der Waals surface area contributed by atoms with Crippen LogP contribution in [0.1, 0.15) is 37.2 Å². The highest BCUT2D eigenvalue weighted by Crippen LogP contribution is 2.22. The summed E-state index contributed by atoms with van der Waals surface area (Å²) in [5.74, 6) is 0.410. The minimum absolute atomic E-state index is 0.0696. The average Bonchev–Trinajstić information content (AvgIpc) is 3.10. The molecule has 0 radical (unpaired) electrons. The molecule has 26 heavy (non-hydrogen) atoms. The highest BCUT2D eigenvalue weighted by atomic mass is 32.1. The number of hydrogen-bond acceptors (Lipinski definition) is 6. The smallest absolute Gasteiger partial charge is 0.270 e. The fourth-order valence-corrected chi connectivity index (χ4v) is 2.77. The Balaban J connectivity index is 1.80. The number of benzene rings is 1. The summed E-state index contributed by atoms with van der Waals surface area (Å²) in [4.78, 5) is 28.1. The summed E-state index contributed by atoms with van der Waals surface area (Å²) in [7, 11) is 1.61. The highest BCUT2D eigenvalue weighted by molar-refractivity contribution is 7.14. The van der Waals surface area contributed by atoms with Gasteiger partial charge in [0.2, 0.25) is 5.91 Å². The van der Waals surface area contributed by atoms with E-state index in [-0.39, 0.29) is 30.8 Å². The third-order valence-corrected chi connectivity index (χ3v) is 4.49. The number of ether oxygens (including phenoxy) is 1. The van der Waals surface area contributed by atoms with Crippen molar-refractivity contribution in [3.05, 3.63) is 35.3 Å². The van der Waals surface area contributed by atoms with Crippen LogP contribution >= 0.6 is 11.3 Å². The highest BCUT2D eigenvalue weighted by Gasteiger charge is 2.12. The number of aromatic nitrogens is 1. The number of hydrogen-bond donors (Lipinski definition) is 3. The van der Waals surface area contributed by atoms with E-state index in [2.05, 4.69) is 20.9 Å². The lowest BCUT2D eigenvalue weighted by molar-refractivity contribution is -0.121. The molecular weight excluding hydrogens is 352 g/mol. The van der Waals surface area contributed by atoms with E-state index >= 15 is 0 Å². The first-order chi connectivity index (χ1) is 12.5. The van der Waals surface area contributed by atoms with Gasteiger partial charge in [-0.25, -0.2) is 4.98 Å². The molecule has 140 valence electrons. The van der Waals surface area contributed by atoms with Crippen molar-refractivity contribution < 1.29 is 14.3 Å². The lowest BCUT2D eigenvalue weighted by Crippen LogP contribution is -2.35. The van der Waals surface area contributed by atoms with Crippen LogP contribution in [0.4, 0.5) is 10.8 Å². The molecule has 0 bridgehead atoms. The largest absolute Gasteiger partial charge is 0.497 e. The Labute approximate surface area is 157 Å². The quantitative estimate of drug-likeness (QED) is 0.626. The second-order valence-corrected chi connectivity index (χ2v) is 6.63. The number of anilines is 2. The van der Waals surface area contributed by atoms with Crippen molar-refractivity contribution >= 4 is 34.0 Å². The van der Waals surface area contributed by atoms with Gasteiger partial charge in [-0.05, 0) is 37.6 Å². The van der Waals surface area contributed by atoms with Gasteiger partial charge in [-0.1, -0.05) is 6.92 Å². The molecule has 2 aromatic rings. The predicted molar refractivity (Wildman–Crippen MR) is 103 cm³/mol. The number of carbonyl (C=O) groups excluding carboxylic acids is 2. The molecule has 0 spiro atoms. The molecule has 1 aromatic heterocycles. The van der Waals surface area contributed by atoms with E-state index in [1.165, 1.54) is 11.3 Å². The summed E-state index contributed by atoms with van der Waals surface area (Å²) in [6.07, 6.45) is 1.12. The Bertz CT molecular complexity index is 730.